The SMILES string of the molecule is Cc1cc(CN(Cc2cccnc2)C[C@H]2CCCO2)no1. The van der Waals surface area contributed by atoms with Crippen LogP contribution in [0.4, 0.5) is 0 Å². The minimum absolute atomic E-state index is 0.328. The molecule has 0 aromatic carbocycles. The van der Waals surface area contributed by atoms with Gasteiger partial charge < -0.3 is 9.26 Å². The molecule has 1 fully saturated rings. The Labute approximate surface area is 124 Å². The predicted molar refractivity (Wildman–Crippen MR) is 78.6 cm³/mol. The van der Waals surface area contributed by atoms with Gasteiger partial charge in [0.25, 0.3) is 0 Å². The zero-order chi connectivity index (χ0) is 14.5. The lowest BCUT2D eigenvalue weighted by Gasteiger charge is -2.24. The van der Waals surface area contributed by atoms with Crippen LogP contribution in [-0.4, -0.2) is 34.3 Å². The fourth-order valence-corrected chi connectivity index (χ4v) is 2.73. The van der Waals surface area contributed by atoms with Crippen LogP contribution in [0.2, 0.25) is 0 Å². The van der Waals surface area contributed by atoms with Crippen molar-refractivity contribution in [2.75, 3.05) is 13.2 Å². The molecule has 0 amide bonds. The minimum atomic E-state index is 0.328. The third-order valence-electron chi connectivity index (χ3n) is 3.68. The topological polar surface area (TPSA) is 51.4 Å². The van der Waals surface area contributed by atoms with E-state index in [1.807, 2.05) is 25.3 Å². The highest BCUT2D eigenvalue weighted by Crippen LogP contribution is 2.17. The lowest BCUT2D eigenvalue weighted by molar-refractivity contribution is 0.0670. The Kier molecular flexibility index (Phi) is 4.62. The van der Waals surface area contributed by atoms with Gasteiger partial charge in [-0.2, -0.15) is 0 Å². The summed E-state index contributed by atoms with van der Waals surface area (Å²) < 4.78 is 10.9. The standard InChI is InChI=1S/C16H21N3O2/c1-13-8-15(18-21-13)11-19(12-16-5-3-7-20-16)10-14-4-2-6-17-9-14/h2,4,6,8-9,16H,3,5,7,10-12H2,1H3/t16-/m1/s1. The van der Waals surface area contributed by atoms with E-state index in [0.29, 0.717) is 6.10 Å². The molecule has 3 rings (SSSR count). The zero-order valence-corrected chi connectivity index (χ0v) is 12.4. The van der Waals surface area contributed by atoms with E-state index in [0.717, 1.165) is 50.5 Å². The largest absolute Gasteiger partial charge is 0.377 e. The quantitative estimate of drug-likeness (QED) is 0.817. The van der Waals surface area contributed by atoms with Crippen molar-refractivity contribution in [3.8, 4) is 0 Å². The van der Waals surface area contributed by atoms with E-state index >= 15 is 0 Å². The van der Waals surface area contributed by atoms with E-state index in [1.54, 1.807) is 6.20 Å². The maximum atomic E-state index is 5.76. The number of nitrogens with zero attached hydrogens (tertiary/aromatic N) is 3. The highest BCUT2D eigenvalue weighted by atomic mass is 16.5. The van der Waals surface area contributed by atoms with Crippen LogP contribution in [0.25, 0.3) is 0 Å². The van der Waals surface area contributed by atoms with E-state index in [2.05, 4.69) is 21.1 Å². The van der Waals surface area contributed by atoms with Gasteiger partial charge in [0, 0.05) is 44.7 Å². The van der Waals surface area contributed by atoms with Gasteiger partial charge in [-0.3, -0.25) is 9.88 Å². The Morgan fingerprint density at radius 3 is 3.00 bits per heavy atom. The fraction of sp³-hybridized carbons (Fsp3) is 0.500. The highest BCUT2D eigenvalue weighted by molar-refractivity contribution is 5.09. The summed E-state index contributed by atoms with van der Waals surface area (Å²) in [7, 11) is 0. The van der Waals surface area contributed by atoms with Gasteiger partial charge in [-0.1, -0.05) is 11.2 Å². The van der Waals surface area contributed by atoms with Crippen molar-refractivity contribution in [3.63, 3.8) is 0 Å². The summed E-state index contributed by atoms with van der Waals surface area (Å²) in [6.07, 6.45) is 6.34. The Bertz CT molecular complexity index is 550. The number of aryl methyl sites for hydroxylation is 1. The fourth-order valence-electron chi connectivity index (χ4n) is 2.73. The first kappa shape index (κ1) is 14.2. The lowest BCUT2D eigenvalue weighted by atomic mass is 10.2. The summed E-state index contributed by atoms with van der Waals surface area (Å²) in [4.78, 5) is 6.54. The molecule has 112 valence electrons. The maximum absolute atomic E-state index is 5.76. The first-order valence-electron chi connectivity index (χ1n) is 7.44. The number of rotatable bonds is 6. The first-order valence-corrected chi connectivity index (χ1v) is 7.44. The van der Waals surface area contributed by atoms with E-state index in [4.69, 9.17) is 9.26 Å². The third-order valence-corrected chi connectivity index (χ3v) is 3.68. The zero-order valence-electron chi connectivity index (χ0n) is 12.4. The third kappa shape index (κ3) is 4.12. The van der Waals surface area contributed by atoms with Crippen molar-refractivity contribution < 1.29 is 9.26 Å². The molecule has 0 radical (unpaired) electrons. The Balaban J connectivity index is 1.67. The smallest absolute Gasteiger partial charge is 0.133 e. The normalized spacial score (nSPS) is 18.5. The molecule has 5 nitrogen and oxygen atoms in total. The number of ether oxygens (including phenoxy) is 1. The highest BCUT2D eigenvalue weighted by Gasteiger charge is 2.20. The average molecular weight is 287 g/mol. The molecule has 21 heavy (non-hydrogen) atoms. The van der Waals surface area contributed by atoms with Gasteiger partial charge in [0.1, 0.15) is 5.76 Å². The molecule has 2 aromatic heterocycles. The second-order valence-corrected chi connectivity index (χ2v) is 5.59. The summed E-state index contributed by atoms with van der Waals surface area (Å²) in [6.45, 7) is 5.34. The second-order valence-electron chi connectivity index (χ2n) is 5.59. The molecule has 3 heterocycles. The molecule has 1 aliphatic heterocycles. The van der Waals surface area contributed by atoms with Crippen LogP contribution < -0.4 is 0 Å². The summed E-state index contributed by atoms with van der Waals surface area (Å²) >= 11 is 0. The van der Waals surface area contributed by atoms with Crippen LogP contribution in [0.5, 0.6) is 0 Å². The maximum Gasteiger partial charge on any atom is 0.133 e. The van der Waals surface area contributed by atoms with E-state index in [9.17, 15) is 0 Å². The van der Waals surface area contributed by atoms with Crippen molar-refractivity contribution >= 4 is 0 Å². The van der Waals surface area contributed by atoms with Crippen LogP contribution >= 0.6 is 0 Å². The van der Waals surface area contributed by atoms with Crippen molar-refractivity contribution in [1.29, 1.82) is 0 Å². The van der Waals surface area contributed by atoms with Crippen LogP contribution in [-0.2, 0) is 17.8 Å². The number of pyridine rings is 1. The predicted octanol–water partition coefficient (Wildman–Crippen LogP) is 2.56. The summed E-state index contributed by atoms with van der Waals surface area (Å²) in [5.74, 6) is 0.850. The van der Waals surface area contributed by atoms with Crippen molar-refractivity contribution in [1.82, 2.24) is 15.0 Å². The van der Waals surface area contributed by atoms with Gasteiger partial charge in [-0.05, 0) is 31.4 Å². The molecule has 0 unspecified atom stereocenters. The molecular weight excluding hydrogens is 266 g/mol. The molecule has 0 N–H and O–H groups in total. The Hall–Kier alpha value is -1.72. The van der Waals surface area contributed by atoms with Crippen LogP contribution in [0.15, 0.2) is 35.1 Å². The molecular formula is C16H21N3O2. The van der Waals surface area contributed by atoms with E-state index in [1.165, 1.54) is 5.56 Å². The summed E-state index contributed by atoms with van der Waals surface area (Å²) in [5.41, 5.74) is 2.17. The van der Waals surface area contributed by atoms with Crippen molar-refractivity contribution in [2.24, 2.45) is 0 Å². The average Bonchev–Trinajstić information content (AvgIpc) is 3.12. The van der Waals surface area contributed by atoms with E-state index in [-0.39, 0.29) is 0 Å². The van der Waals surface area contributed by atoms with Gasteiger partial charge in [-0.25, -0.2) is 0 Å². The van der Waals surface area contributed by atoms with Gasteiger partial charge in [-0.15, -0.1) is 0 Å². The number of aromatic nitrogens is 2. The minimum Gasteiger partial charge on any atom is -0.377 e. The van der Waals surface area contributed by atoms with Gasteiger partial charge >= 0.3 is 0 Å². The molecule has 1 aliphatic rings. The van der Waals surface area contributed by atoms with Gasteiger partial charge in [0.05, 0.1) is 11.8 Å². The van der Waals surface area contributed by atoms with Crippen LogP contribution in [0.1, 0.15) is 29.9 Å². The van der Waals surface area contributed by atoms with Crippen molar-refractivity contribution in [3.05, 3.63) is 47.6 Å². The number of hydrogen-bond acceptors (Lipinski definition) is 5. The van der Waals surface area contributed by atoms with E-state index < -0.39 is 0 Å². The summed E-state index contributed by atoms with van der Waals surface area (Å²) in [5, 5.41) is 4.10. The molecule has 2 aromatic rings. The monoisotopic (exact) mass is 287 g/mol. The second kappa shape index (κ2) is 6.83. The van der Waals surface area contributed by atoms with Crippen LogP contribution in [0, 0.1) is 6.92 Å². The van der Waals surface area contributed by atoms with Gasteiger partial charge in [0.2, 0.25) is 0 Å². The molecule has 1 atom stereocenters. The molecule has 0 bridgehead atoms. The first-order chi connectivity index (χ1) is 10.3. The molecule has 0 spiro atoms. The number of hydrogen-bond donors (Lipinski definition) is 0. The molecule has 1 saturated heterocycles. The van der Waals surface area contributed by atoms with Crippen molar-refractivity contribution in [2.45, 2.75) is 39.0 Å². The summed E-state index contributed by atoms with van der Waals surface area (Å²) in [6, 6.07) is 6.06. The molecule has 0 aliphatic carbocycles. The van der Waals surface area contributed by atoms with Crippen LogP contribution in [0.3, 0.4) is 0 Å². The van der Waals surface area contributed by atoms with Gasteiger partial charge in [0.15, 0.2) is 0 Å². The molecule has 5 heteroatoms. The Morgan fingerprint density at radius 1 is 1.38 bits per heavy atom. The molecule has 0 saturated carbocycles. The lowest BCUT2D eigenvalue weighted by Crippen LogP contribution is -2.31. The Morgan fingerprint density at radius 2 is 2.33 bits per heavy atom.